The van der Waals surface area contributed by atoms with Crippen LogP contribution in [0.5, 0.6) is 0 Å². The first kappa shape index (κ1) is 31.8. The molecule has 11 rings (SSSR count). The van der Waals surface area contributed by atoms with Crippen molar-refractivity contribution in [2.24, 2.45) is 0 Å². The van der Waals surface area contributed by atoms with Gasteiger partial charge in [0.05, 0.1) is 11.0 Å². The van der Waals surface area contributed by atoms with Crippen LogP contribution in [-0.4, -0.2) is 4.57 Å². The fraction of sp³-hybridized carbons (Fsp3) is 0.0943. The maximum absolute atomic E-state index is 6.28. The molecule has 0 N–H and O–H groups in total. The minimum absolute atomic E-state index is 0.205. The zero-order chi connectivity index (χ0) is 36.5. The molecule has 2 aliphatic rings. The lowest BCUT2D eigenvalue weighted by atomic mass is 9.87. The standard InChI is InChI=1S/C53H39NO/c1-2-35-25-27-38(33-47(35)39-15-7-6-14-36(39)30-34-24-28-44-43-19-11-13-23-51(43)55-52(44)31-34)54-49-22-12-10-18-42(49)48-32-37(26-29-50(48)54)53-45-20-5-3-4-16-40(45)41-17-8-9-21-46(41)53/h4-29,31-33,53H,2-3,30H2,1H3. The van der Waals surface area contributed by atoms with E-state index in [4.69, 9.17) is 4.42 Å². The van der Waals surface area contributed by atoms with Gasteiger partial charge in [0.1, 0.15) is 11.2 Å². The molecule has 2 aliphatic carbocycles. The number of aromatic nitrogens is 1. The Bertz CT molecular complexity index is 3090. The number of furan rings is 1. The van der Waals surface area contributed by atoms with Crippen molar-refractivity contribution in [2.45, 2.75) is 32.1 Å². The van der Waals surface area contributed by atoms with Gasteiger partial charge in [0.25, 0.3) is 0 Å². The van der Waals surface area contributed by atoms with Crippen LogP contribution in [0.15, 0.2) is 186 Å². The molecule has 0 spiro atoms. The molecule has 1 unspecified atom stereocenters. The molecule has 7 aromatic carbocycles. The number of aryl methyl sites for hydroxylation is 1. The highest BCUT2D eigenvalue weighted by Crippen LogP contribution is 2.48. The van der Waals surface area contributed by atoms with E-state index in [2.05, 4.69) is 181 Å². The van der Waals surface area contributed by atoms with Gasteiger partial charge in [-0.15, -0.1) is 0 Å². The first-order valence-corrected chi connectivity index (χ1v) is 19.5. The Morgan fingerprint density at radius 1 is 0.564 bits per heavy atom. The quantitative estimate of drug-likeness (QED) is 0.168. The first-order chi connectivity index (χ1) is 27.2. The van der Waals surface area contributed by atoms with Crippen molar-refractivity contribution in [2.75, 3.05) is 0 Å². The van der Waals surface area contributed by atoms with Crippen LogP contribution in [-0.2, 0) is 12.8 Å². The van der Waals surface area contributed by atoms with Crippen molar-refractivity contribution in [1.82, 2.24) is 4.57 Å². The van der Waals surface area contributed by atoms with Gasteiger partial charge < -0.3 is 8.98 Å². The minimum atomic E-state index is 0.205. The number of benzene rings is 7. The Kier molecular flexibility index (Phi) is 7.38. The molecule has 262 valence electrons. The van der Waals surface area contributed by atoms with E-state index in [-0.39, 0.29) is 5.92 Å². The summed E-state index contributed by atoms with van der Waals surface area (Å²) in [5, 5.41) is 4.90. The smallest absolute Gasteiger partial charge is 0.135 e. The van der Waals surface area contributed by atoms with Crippen molar-refractivity contribution in [3.05, 3.63) is 215 Å². The monoisotopic (exact) mass is 705 g/mol. The van der Waals surface area contributed by atoms with Crippen LogP contribution < -0.4 is 0 Å². The molecule has 0 amide bonds. The fourth-order valence-corrected chi connectivity index (χ4v) is 9.41. The Labute approximate surface area is 321 Å². The Hall–Kier alpha value is -6.64. The van der Waals surface area contributed by atoms with E-state index in [1.807, 2.05) is 6.07 Å². The van der Waals surface area contributed by atoms with Gasteiger partial charge in [0.15, 0.2) is 0 Å². The molecule has 2 heteroatoms. The van der Waals surface area contributed by atoms with Gasteiger partial charge in [-0.25, -0.2) is 0 Å². The summed E-state index contributed by atoms with van der Waals surface area (Å²) in [6.45, 7) is 2.26. The summed E-state index contributed by atoms with van der Waals surface area (Å²) in [6.07, 6.45) is 12.0. The number of rotatable bonds is 6. The second-order valence-corrected chi connectivity index (χ2v) is 15.0. The van der Waals surface area contributed by atoms with Crippen molar-refractivity contribution >= 4 is 49.3 Å². The van der Waals surface area contributed by atoms with Crippen molar-refractivity contribution in [3.63, 3.8) is 0 Å². The lowest BCUT2D eigenvalue weighted by Gasteiger charge is -2.18. The molecule has 2 aromatic heterocycles. The average Bonchev–Trinajstić information content (AvgIpc) is 3.80. The topological polar surface area (TPSA) is 18.1 Å². The summed E-state index contributed by atoms with van der Waals surface area (Å²) in [4.78, 5) is 0. The highest BCUT2D eigenvalue weighted by Gasteiger charge is 2.31. The van der Waals surface area contributed by atoms with E-state index >= 15 is 0 Å². The molecular weight excluding hydrogens is 667 g/mol. The summed E-state index contributed by atoms with van der Waals surface area (Å²) >= 11 is 0. The van der Waals surface area contributed by atoms with Crippen molar-refractivity contribution in [3.8, 4) is 16.8 Å². The maximum Gasteiger partial charge on any atom is 0.135 e. The van der Waals surface area contributed by atoms with E-state index in [0.29, 0.717) is 0 Å². The Morgan fingerprint density at radius 2 is 1.33 bits per heavy atom. The Morgan fingerprint density at radius 3 is 2.25 bits per heavy atom. The summed E-state index contributed by atoms with van der Waals surface area (Å²) in [6, 6.07) is 56.0. The van der Waals surface area contributed by atoms with Gasteiger partial charge in [-0.3, -0.25) is 0 Å². The van der Waals surface area contributed by atoms with Crippen LogP contribution >= 0.6 is 0 Å². The molecule has 9 aromatic rings. The summed E-state index contributed by atoms with van der Waals surface area (Å²) in [5.41, 5.74) is 18.8. The van der Waals surface area contributed by atoms with Crippen LogP contribution in [0.2, 0.25) is 0 Å². The summed E-state index contributed by atoms with van der Waals surface area (Å²) in [5.74, 6) is 0.205. The van der Waals surface area contributed by atoms with Crippen LogP contribution in [0.4, 0.5) is 0 Å². The molecule has 0 radical (unpaired) electrons. The molecule has 0 saturated carbocycles. The van der Waals surface area contributed by atoms with E-state index in [9.17, 15) is 0 Å². The highest BCUT2D eigenvalue weighted by molar-refractivity contribution is 6.10. The van der Waals surface area contributed by atoms with E-state index < -0.39 is 0 Å². The second-order valence-electron chi connectivity index (χ2n) is 15.0. The fourth-order valence-electron chi connectivity index (χ4n) is 9.41. The molecule has 2 nitrogen and oxygen atoms in total. The average molecular weight is 706 g/mol. The zero-order valence-corrected chi connectivity index (χ0v) is 30.8. The minimum Gasteiger partial charge on any atom is -0.456 e. The molecule has 0 bridgehead atoms. The Balaban J connectivity index is 1.03. The van der Waals surface area contributed by atoms with Crippen LogP contribution in [0.1, 0.15) is 52.6 Å². The number of allylic oxidation sites excluding steroid dienone is 6. The lowest BCUT2D eigenvalue weighted by molar-refractivity contribution is 0.668. The van der Waals surface area contributed by atoms with Gasteiger partial charge in [-0.1, -0.05) is 140 Å². The predicted octanol–water partition coefficient (Wildman–Crippen LogP) is 13.9. The summed E-state index contributed by atoms with van der Waals surface area (Å²) in [7, 11) is 0. The van der Waals surface area contributed by atoms with Crippen LogP contribution in [0, 0.1) is 0 Å². The molecule has 0 fully saturated rings. The normalized spacial score (nSPS) is 15.0. The van der Waals surface area contributed by atoms with Crippen molar-refractivity contribution < 1.29 is 4.42 Å². The zero-order valence-electron chi connectivity index (χ0n) is 30.8. The predicted molar refractivity (Wildman–Crippen MR) is 230 cm³/mol. The molecule has 1 atom stereocenters. The molecule has 2 heterocycles. The van der Waals surface area contributed by atoms with Gasteiger partial charge in [-0.05, 0) is 117 Å². The van der Waals surface area contributed by atoms with E-state index in [1.54, 1.807) is 0 Å². The number of fused-ring (bicyclic) bond motifs is 8. The van der Waals surface area contributed by atoms with Crippen LogP contribution in [0.3, 0.4) is 0 Å². The lowest BCUT2D eigenvalue weighted by Crippen LogP contribution is -2.01. The van der Waals surface area contributed by atoms with E-state index in [1.165, 1.54) is 93.9 Å². The third-order valence-electron chi connectivity index (χ3n) is 11.9. The third-order valence-corrected chi connectivity index (χ3v) is 11.9. The van der Waals surface area contributed by atoms with Gasteiger partial charge in [0.2, 0.25) is 0 Å². The molecule has 55 heavy (non-hydrogen) atoms. The highest BCUT2D eigenvalue weighted by atomic mass is 16.3. The van der Waals surface area contributed by atoms with Gasteiger partial charge in [-0.2, -0.15) is 0 Å². The molecule has 0 saturated heterocycles. The van der Waals surface area contributed by atoms with Gasteiger partial charge >= 0.3 is 0 Å². The van der Waals surface area contributed by atoms with Crippen molar-refractivity contribution in [1.29, 1.82) is 0 Å². The number of hydrogen-bond acceptors (Lipinski definition) is 1. The second kappa shape index (κ2) is 12.7. The maximum atomic E-state index is 6.28. The third kappa shape index (κ3) is 5.09. The first-order valence-electron chi connectivity index (χ1n) is 19.5. The molecular formula is C53H39NO. The largest absolute Gasteiger partial charge is 0.456 e. The van der Waals surface area contributed by atoms with Crippen LogP contribution in [0.25, 0.3) is 66.1 Å². The number of hydrogen-bond donors (Lipinski definition) is 0. The summed E-state index contributed by atoms with van der Waals surface area (Å²) < 4.78 is 8.75. The SMILES string of the molecule is CCc1ccc(-n2c3ccccc3c3cc(C4C5=C(C=CCC=C5)c5ccccc54)ccc32)cc1-c1ccccc1Cc1ccc2c(c1)oc1ccccc12. The van der Waals surface area contributed by atoms with Gasteiger partial charge in [0, 0.05) is 33.2 Å². The number of para-hydroxylation sites is 2. The molecule has 0 aliphatic heterocycles. The van der Waals surface area contributed by atoms with E-state index in [0.717, 1.165) is 30.4 Å². The number of nitrogens with zero attached hydrogens (tertiary/aromatic N) is 1.